The van der Waals surface area contributed by atoms with Crippen LogP contribution in [0.2, 0.25) is 0 Å². The van der Waals surface area contributed by atoms with Crippen molar-refractivity contribution < 1.29 is 4.79 Å². The van der Waals surface area contributed by atoms with E-state index in [2.05, 4.69) is 27.3 Å². The zero-order valence-electron chi connectivity index (χ0n) is 8.33. The Morgan fingerprint density at radius 2 is 2.40 bits per heavy atom. The van der Waals surface area contributed by atoms with E-state index in [1.54, 1.807) is 25.1 Å². The minimum Gasteiger partial charge on any atom is -0.351 e. The van der Waals surface area contributed by atoms with Gasteiger partial charge in [0.05, 0.1) is 12.0 Å². The lowest BCUT2D eigenvalue weighted by Crippen LogP contribution is -2.27. The Balaban J connectivity index is 2.59. The number of hydrogen-bond donors (Lipinski definition) is 1. The number of rotatable bonds is 3. The van der Waals surface area contributed by atoms with Crippen molar-refractivity contribution in [2.24, 2.45) is 5.92 Å². The number of carbonyl (C=O) groups is 1. The maximum absolute atomic E-state index is 11.6. The predicted molar refractivity (Wildman–Crippen MR) is 61.3 cm³/mol. The summed E-state index contributed by atoms with van der Waals surface area (Å²) in [5, 5.41) is 11.2. The van der Waals surface area contributed by atoms with Gasteiger partial charge in [-0.2, -0.15) is 5.26 Å². The third-order valence-corrected chi connectivity index (χ3v) is 2.37. The zero-order valence-corrected chi connectivity index (χ0v) is 9.91. The first-order chi connectivity index (χ1) is 7.13. The highest BCUT2D eigenvalue weighted by Gasteiger charge is 2.06. The molecule has 4 heteroatoms. The maximum Gasteiger partial charge on any atom is 0.251 e. The first-order valence-electron chi connectivity index (χ1n) is 4.57. The summed E-state index contributed by atoms with van der Waals surface area (Å²) in [6.45, 7) is 2.14. The van der Waals surface area contributed by atoms with Crippen molar-refractivity contribution in [1.29, 1.82) is 5.26 Å². The highest BCUT2D eigenvalue weighted by molar-refractivity contribution is 9.10. The highest BCUT2D eigenvalue weighted by Crippen LogP contribution is 2.11. The van der Waals surface area contributed by atoms with Crippen molar-refractivity contribution in [3.63, 3.8) is 0 Å². The van der Waals surface area contributed by atoms with Crippen LogP contribution in [0.1, 0.15) is 17.3 Å². The van der Waals surface area contributed by atoms with E-state index in [0.717, 1.165) is 4.47 Å². The molecule has 0 aliphatic heterocycles. The molecule has 1 aromatic rings. The summed E-state index contributed by atoms with van der Waals surface area (Å²) >= 11 is 3.29. The molecular formula is C11H11BrN2O. The second kappa shape index (κ2) is 5.52. The lowest BCUT2D eigenvalue weighted by Gasteiger charge is -2.06. The zero-order chi connectivity index (χ0) is 11.3. The van der Waals surface area contributed by atoms with Gasteiger partial charge in [-0.15, -0.1) is 0 Å². The molecular weight excluding hydrogens is 256 g/mol. The molecule has 0 bridgehead atoms. The van der Waals surface area contributed by atoms with Crippen molar-refractivity contribution in [3.05, 3.63) is 34.3 Å². The first-order valence-corrected chi connectivity index (χ1v) is 5.36. The Hall–Kier alpha value is -1.34. The van der Waals surface area contributed by atoms with Crippen LogP contribution in [0.4, 0.5) is 0 Å². The molecule has 0 fully saturated rings. The normalized spacial score (nSPS) is 11.5. The summed E-state index contributed by atoms with van der Waals surface area (Å²) in [5.41, 5.74) is 0.592. The summed E-state index contributed by atoms with van der Waals surface area (Å²) in [5.74, 6) is -0.320. The molecule has 0 spiro atoms. The molecule has 1 unspecified atom stereocenters. The summed E-state index contributed by atoms with van der Waals surface area (Å²) < 4.78 is 0.864. The third kappa shape index (κ3) is 3.72. The van der Waals surface area contributed by atoms with Crippen LogP contribution in [0.25, 0.3) is 0 Å². The van der Waals surface area contributed by atoms with E-state index >= 15 is 0 Å². The molecule has 1 N–H and O–H groups in total. The molecule has 0 saturated carbocycles. The summed E-state index contributed by atoms with van der Waals surface area (Å²) in [4.78, 5) is 11.6. The van der Waals surface area contributed by atoms with Crippen molar-refractivity contribution >= 4 is 21.8 Å². The molecule has 0 radical (unpaired) electrons. The van der Waals surface area contributed by atoms with Crippen LogP contribution >= 0.6 is 15.9 Å². The van der Waals surface area contributed by atoms with Crippen molar-refractivity contribution in [2.45, 2.75) is 6.92 Å². The van der Waals surface area contributed by atoms with Crippen molar-refractivity contribution in [2.75, 3.05) is 6.54 Å². The summed E-state index contributed by atoms with van der Waals surface area (Å²) in [7, 11) is 0. The van der Waals surface area contributed by atoms with Crippen LogP contribution in [-0.2, 0) is 0 Å². The van der Waals surface area contributed by atoms with E-state index < -0.39 is 0 Å². The van der Waals surface area contributed by atoms with Crippen LogP contribution in [0.5, 0.6) is 0 Å². The molecule has 1 atom stereocenters. The lowest BCUT2D eigenvalue weighted by atomic mass is 10.2. The maximum atomic E-state index is 11.6. The van der Waals surface area contributed by atoms with Gasteiger partial charge in [-0.25, -0.2) is 0 Å². The molecule has 1 rings (SSSR count). The van der Waals surface area contributed by atoms with Gasteiger partial charge in [-0.1, -0.05) is 22.0 Å². The Bertz CT molecular complexity index is 398. The number of halogens is 1. The Morgan fingerprint density at radius 1 is 1.67 bits per heavy atom. The third-order valence-electron chi connectivity index (χ3n) is 1.88. The number of amides is 1. The molecule has 0 heterocycles. The number of carbonyl (C=O) groups excluding carboxylic acids is 1. The fraction of sp³-hybridized carbons (Fsp3) is 0.273. The van der Waals surface area contributed by atoms with Gasteiger partial charge in [0.25, 0.3) is 5.91 Å². The van der Waals surface area contributed by atoms with Crippen molar-refractivity contribution in [3.8, 4) is 6.07 Å². The van der Waals surface area contributed by atoms with Gasteiger partial charge in [-0.05, 0) is 25.1 Å². The SMILES string of the molecule is CC(C#N)CNC(=O)c1cccc(Br)c1. The molecule has 1 aromatic carbocycles. The van der Waals surface area contributed by atoms with Gasteiger partial charge >= 0.3 is 0 Å². The molecule has 0 aliphatic carbocycles. The van der Waals surface area contributed by atoms with E-state index in [9.17, 15) is 4.79 Å². The lowest BCUT2D eigenvalue weighted by molar-refractivity contribution is 0.0950. The fourth-order valence-electron chi connectivity index (χ4n) is 1.02. The van der Waals surface area contributed by atoms with Gasteiger partial charge < -0.3 is 5.32 Å². The van der Waals surface area contributed by atoms with E-state index in [1.807, 2.05) is 6.07 Å². The van der Waals surface area contributed by atoms with Crippen LogP contribution < -0.4 is 5.32 Å². The summed E-state index contributed by atoms with van der Waals surface area (Å²) in [6, 6.07) is 9.19. The van der Waals surface area contributed by atoms with Gasteiger partial charge in [0, 0.05) is 16.6 Å². The molecule has 78 valence electrons. The predicted octanol–water partition coefficient (Wildman–Crippen LogP) is 2.34. The second-order valence-corrected chi connectivity index (χ2v) is 4.17. The molecule has 1 amide bonds. The van der Waals surface area contributed by atoms with Gasteiger partial charge in [0.15, 0.2) is 0 Å². The number of hydrogen-bond acceptors (Lipinski definition) is 2. The molecule has 0 aromatic heterocycles. The molecule has 15 heavy (non-hydrogen) atoms. The average molecular weight is 267 g/mol. The number of nitrogens with one attached hydrogen (secondary N) is 1. The van der Waals surface area contributed by atoms with Crippen molar-refractivity contribution in [1.82, 2.24) is 5.32 Å². The number of nitrogens with zero attached hydrogens (tertiary/aromatic N) is 1. The molecule has 0 aliphatic rings. The van der Waals surface area contributed by atoms with Gasteiger partial charge in [0.2, 0.25) is 0 Å². The van der Waals surface area contributed by atoms with Gasteiger partial charge in [-0.3, -0.25) is 4.79 Å². The number of benzene rings is 1. The first kappa shape index (κ1) is 11.7. The quantitative estimate of drug-likeness (QED) is 0.913. The topological polar surface area (TPSA) is 52.9 Å². The number of nitriles is 1. The summed E-state index contributed by atoms with van der Waals surface area (Å²) in [6.07, 6.45) is 0. The Kier molecular flexibility index (Phi) is 4.32. The standard InChI is InChI=1S/C11H11BrN2O/c1-8(6-13)7-14-11(15)9-3-2-4-10(12)5-9/h2-5,8H,7H2,1H3,(H,14,15). The molecule has 3 nitrogen and oxygen atoms in total. The van der Waals surface area contributed by atoms with Crippen LogP contribution in [0.15, 0.2) is 28.7 Å². The monoisotopic (exact) mass is 266 g/mol. The largest absolute Gasteiger partial charge is 0.351 e. The van der Waals surface area contributed by atoms with E-state index in [0.29, 0.717) is 12.1 Å². The smallest absolute Gasteiger partial charge is 0.251 e. The van der Waals surface area contributed by atoms with E-state index in [1.165, 1.54) is 0 Å². The minimum atomic E-state index is -0.166. The van der Waals surface area contributed by atoms with Crippen LogP contribution in [0.3, 0.4) is 0 Å². The minimum absolute atomic E-state index is 0.154. The van der Waals surface area contributed by atoms with Crippen LogP contribution in [0, 0.1) is 17.2 Å². The Labute approximate surface area is 97.2 Å². The van der Waals surface area contributed by atoms with Crippen LogP contribution in [-0.4, -0.2) is 12.5 Å². The second-order valence-electron chi connectivity index (χ2n) is 3.25. The highest BCUT2D eigenvalue weighted by atomic mass is 79.9. The van der Waals surface area contributed by atoms with E-state index in [4.69, 9.17) is 5.26 Å². The average Bonchev–Trinajstić information content (AvgIpc) is 2.25. The Morgan fingerprint density at radius 3 is 3.00 bits per heavy atom. The van der Waals surface area contributed by atoms with E-state index in [-0.39, 0.29) is 11.8 Å². The van der Waals surface area contributed by atoms with Gasteiger partial charge in [0.1, 0.15) is 0 Å². The fourth-order valence-corrected chi connectivity index (χ4v) is 1.42. The molecule has 0 saturated heterocycles.